The topological polar surface area (TPSA) is 144 Å². The van der Waals surface area contributed by atoms with Gasteiger partial charge in [-0.15, -0.1) is 0 Å². The summed E-state index contributed by atoms with van der Waals surface area (Å²) in [5.41, 5.74) is 5.45. The summed E-state index contributed by atoms with van der Waals surface area (Å²) in [6.07, 6.45) is 0. The molecule has 1 heterocycles. The van der Waals surface area contributed by atoms with Gasteiger partial charge in [-0.3, -0.25) is 0 Å². The maximum atomic E-state index is 6.07. The van der Waals surface area contributed by atoms with Crippen LogP contribution in [0.2, 0.25) is 5.54 Å². The molecule has 0 bridgehead atoms. The van der Waals surface area contributed by atoms with Crippen molar-refractivity contribution in [2.45, 2.75) is 54.0 Å². The van der Waals surface area contributed by atoms with Crippen LogP contribution in [-0.4, -0.2) is 52.2 Å². The number of allylic oxidation sites excluding steroid dienone is 6. The van der Waals surface area contributed by atoms with E-state index >= 15 is 0 Å². The Kier molecular flexibility index (Phi) is 13.0. The third kappa shape index (κ3) is 10.8. The van der Waals surface area contributed by atoms with E-state index in [4.69, 9.17) is 32.3 Å². The van der Waals surface area contributed by atoms with Crippen LogP contribution in [0.5, 0.6) is 0 Å². The summed E-state index contributed by atoms with van der Waals surface area (Å²) in [6, 6.07) is 0. The van der Waals surface area contributed by atoms with Gasteiger partial charge in [0.2, 0.25) is 17.3 Å². The van der Waals surface area contributed by atoms with E-state index in [1.54, 1.807) is 41.5 Å². The minimum absolute atomic E-state index is 0.101. The zero-order valence-corrected chi connectivity index (χ0v) is 26.8. The fourth-order valence-corrected chi connectivity index (χ4v) is 8.00. The van der Waals surface area contributed by atoms with Crippen LogP contribution in [0.25, 0.3) is 0 Å². The largest absolute Gasteiger partial charge is 0.776 e. The minimum Gasteiger partial charge on any atom is -0.488 e. The summed E-state index contributed by atoms with van der Waals surface area (Å²) in [6.45, 7) is 36.2. The molecule has 0 amide bonds. The molecule has 12 nitrogen and oxygen atoms in total. The van der Waals surface area contributed by atoms with Gasteiger partial charge in [0, 0.05) is 19.6 Å². The summed E-state index contributed by atoms with van der Waals surface area (Å²) < 4.78 is 36.3. The maximum absolute atomic E-state index is 6.07. The molecule has 0 radical (unpaired) electrons. The molecular formula is C26H44N6O6Si2. The molecule has 1 unspecified atom stereocenters. The second-order valence-corrected chi connectivity index (χ2v) is 14.3. The van der Waals surface area contributed by atoms with Gasteiger partial charge in [0.25, 0.3) is 0 Å². The van der Waals surface area contributed by atoms with Gasteiger partial charge in [0.05, 0.1) is 40.1 Å². The predicted octanol–water partition coefficient (Wildman–Crippen LogP) is 4.43. The van der Waals surface area contributed by atoms with Gasteiger partial charge in [0.15, 0.2) is 0 Å². The van der Waals surface area contributed by atoms with E-state index in [0.717, 1.165) is 0 Å². The average Bonchev–Trinajstić information content (AvgIpc) is 2.78. The summed E-state index contributed by atoms with van der Waals surface area (Å²) in [4.78, 5) is 13.6. The lowest BCUT2D eigenvalue weighted by Gasteiger charge is -2.34. The van der Waals surface area contributed by atoms with Crippen molar-refractivity contribution in [1.82, 2.24) is 15.0 Å². The van der Waals surface area contributed by atoms with Crippen LogP contribution in [0.15, 0.2) is 74.0 Å². The fraction of sp³-hybridized carbons (Fsp3) is 0.423. The summed E-state index contributed by atoms with van der Waals surface area (Å²) in [5, 5.41) is 6.28. The molecule has 222 valence electrons. The number of nitrogens with two attached hydrogens (primary N) is 1. The summed E-state index contributed by atoms with van der Waals surface area (Å²) >= 11 is 0. The molecule has 14 heteroatoms. The maximum Gasteiger partial charge on any atom is 0.776 e. The monoisotopic (exact) mass is 592 g/mol. The number of hydrogen-bond acceptors (Lipinski definition) is 12. The van der Waals surface area contributed by atoms with E-state index in [2.05, 4.69) is 65.1 Å². The highest BCUT2D eigenvalue weighted by Crippen LogP contribution is 2.31. The van der Waals surface area contributed by atoms with Crippen LogP contribution in [0.1, 0.15) is 48.5 Å². The van der Waals surface area contributed by atoms with Gasteiger partial charge in [-0.25, -0.2) is 0 Å². The van der Waals surface area contributed by atoms with Crippen molar-refractivity contribution >= 4 is 35.0 Å². The fourth-order valence-electron chi connectivity index (χ4n) is 3.20. The molecule has 0 aromatic carbocycles. The Bertz CT molecular complexity index is 1050. The standard InChI is InChI=1S/C26H44N6O6Si2/c1-17(2)33-39(34-18(3)4,35-19(5)6)23(13)16-29-25-30-24(28-15-14-27)31-26(32-25)40(36-20(7)8,37-21(9)10)38-22(11)12/h23H,1,3,5,7,9,11,14-16,27H2,2,4,6,8,10,12-13H3,(H2,28,29,30,31,32). The number of rotatable bonds is 20. The number of hydrogen-bond donors (Lipinski definition) is 3. The average molecular weight is 593 g/mol. The molecule has 0 aliphatic rings. The van der Waals surface area contributed by atoms with Crippen molar-refractivity contribution in [2.75, 3.05) is 30.3 Å². The Morgan fingerprint density at radius 2 is 1.05 bits per heavy atom. The second kappa shape index (κ2) is 15.1. The molecule has 1 atom stereocenters. The third-order valence-electron chi connectivity index (χ3n) is 4.38. The van der Waals surface area contributed by atoms with Gasteiger partial charge >= 0.3 is 17.6 Å². The molecule has 0 saturated heterocycles. The Morgan fingerprint density at radius 3 is 1.40 bits per heavy atom. The molecule has 0 fully saturated rings. The molecule has 0 spiro atoms. The Hall–Kier alpha value is -3.76. The second-order valence-electron chi connectivity index (χ2n) is 9.29. The van der Waals surface area contributed by atoms with E-state index in [1.165, 1.54) is 0 Å². The first-order valence-electron chi connectivity index (χ1n) is 12.6. The van der Waals surface area contributed by atoms with E-state index < -0.39 is 17.6 Å². The lowest BCUT2D eigenvalue weighted by Crippen LogP contribution is -2.58. The van der Waals surface area contributed by atoms with Crippen LogP contribution in [-0.2, 0) is 26.6 Å². The quantitative estimate of drug-likeness (QED) is 0.145. The summed E-state index contributed by atoms with van der Waals surface area (Å²) in [7, 11) is -7.35. The van der Waals surface area contributed by atoms with E-state index in [9.17, 15) is 0 Å². The van der Waals surface area contributed by atoms with Gasteiger partial charge < -0.3 is 42.9 Å². The Labute approximate surface area is 240 Å². The zero-order valence-electron chi connectivity index (χ0n) is 24.8. The first-order valence-corrected chi connectivity index (χ1v) is 16.1. The smallest absolute Gasteiger partial charge is 0.488 e. The van der Waals surface area contributed by atoms with Gasteiger partial charge in [0.1, 0.15) is 0 Å². The predicted molar refractivity (Wildman–Crippen MR) is 162 cm³/mol. The van der Waals surface area contributed by atoms with Crippen molar-refractivity contribution in [3.8, 4) is 0 Å². The Morgan fingerprint density at radius 1 is 0.675 bits per heavy atom. The van der Waals surface area contributed by atoms with E-state index in [1.807, 2.05) is 6.92 Å². The van der Waals surface area contributed by atoms with Crippen molar-refractivity contribution in [1.29, 1.82) is 0 Å². The van der Waals surface area contributed by atoms with E-state index in [-0.39, 0.29) is 29.4 Å². The molecule has 0 aliphatic carbocycles. The van der Waals surface area contributed by atoms with Gasteiger partial charge in [-0.05, 0) is 41.5 Å². The van der Waals surface area contributed by atoms with Crippen LogP contribution >= 0.6 is 0 Å². The summed E-state index contributed by atoms with van der Waals surface area (Å²) in [5.74, 6) is 2.69. The minimum atomic E-state index is -3.89. The van der Waals surface area contributed by atoms with Crippen LogP contribution < -0.4 is 21.8 Å². The number of anilines is 2. The highest BCUT2D eigenvalue weighted by atomic mass is 28.4. The van der Waals surface area contributed by atoms with Crippen LogP contribution in [0.4, 0.5) is 11.9 Å². The van der Waals surface area contributed by atoms with E-state index in [0.29, 0.717) is 47.6 Å². The van der Waals surface area contributed by atoms with Gasteiger partial charge in [-0.2, -0.15) is 15.0 Å². The molecule has 4 N–H and O–H groups in total. The first-order chi connectivity index (χ1) is 18.5. The molecule has 1 aromatic rings. The van der Waals surface area contributed by atoms with Gasteiger partial charge in [-0.1, -0.05) is 46.4 Å². The SMILES string of the molecule is C=C(C)O[Si](OC(=C)C)(OC(=C)C)c1nc(NCCN)nc(NCC(C)[Si](OC(=C)C)(OC(=C)C)OC(=C)C)n1. The highest BCUT2D eigenvalue weighted by molar-refractivity contribution is 6.74. The first kappa shape index (κ1) is 34.3. The van der Waals surface area contributed by atoms with Crippen LogP contribution in [0.3, 0.4) is 0 Å². The lowest BCUT2D eigenvalue weighted by molar-refractivity contribution is 0.134. The molecule has 40 heavy (non-hydrogen) atoms. The molecular weight excluding hydrogens is 548 g/mol. The Balaban J connectivity index is 3.62. The molecule has 1 rings (SSSR count). The lowest BCUT2D eigenvalue weighted by atomic mass is 10.5. The van der Waals surface area contributed by atoms with Crippen molar-refractivity contribution in [3.63, 3.8) is 0 Å². The molecule has 1 aromatic heterocycles. The molecule has 0 aliphatic heterocycles. The molecule has 0 saturated carbocycles. The third-order valence-corrected chi connectivity index (χ3v) is 10.3. The number of aromatic nitrogens is 3. The van der Waals surface area contributed by atoms with Crippen molar-refractivity contribution < 1.29 is 26.6 Å². The highest BCUT2D eigenvalue weighted by Gasteiger charge is 2.57. The van der Waals surface area contributed by atoms with Crippen molar-refractivity contribution in [3.05, 3.63) is 74.0 Å². The van der Waals surface area contributed by atoms with Crippen LogP contribution in [0, 0.1) is 0 Å². The van der Waals surface area contributed by atoms with Crippen molar-refractivity contribution in [2.24, 2.45) is 5.73 Å². The normalized spacial score (nSPS) is 11.8. The zero-order chi connectivity index (χ0) is 30.7. The number of nitrogens with one attached hydrogen (secondary N) is 2. The number of nitrogens with zero attached hydrogens (tertiary/aromatic N) is 3.